The molecule has 2 aromatic heterocycles. The Morgan fingerprint density at radius 2 is 1.72 bits per heavy atom. The van der Waals surface area contributed by atoms with Gasteiger partial charge < -0.3 is 15.0 Å². The zero-order chi connectivity index (χ0) is 24.5. The Morgan fingerprint density at radius 1 is 0.972 bits per heavy atom. The number of aromatic nitrogens is 3. The van der Waals surface area contributed by atoms with E-state index in [1.807, 2.05) is 48.5 Å². The predicted octanol–water partition coefficient (Wildman–Crippen LogP) is 4.14. The minimum atomic E-state index is -0.370. The Bertz CT molecular complexity index is 1620. The van der Waals surface area contributed by atoms with Crippen molar-refractivity contribution >= 4 is 49.1 Å². The van der Waals surface area contributed by atoms with Gasteiger partial charge in [0.15, 0.2) is 10.8 Å². The van der Waals surface area contributed by atoms with Crippen LogP contribution in [0.2, 0.25) is 0 Å². The standard InChI is InChI=1S/C27H23N5O3S/c33-25(28-19-10-11-22-23(16-19)36-27(29-22)31-12-14-35-15-13-31)24-20-8-4-5-9-21(20)26(34)32(30-24)17-18-6-2-1-3-7-18/h1-11,16H,12-15,17H2,(H,28,33). The summed E-state index contributed by atoms with van der Waals surface area (Å²) in [6.07, 6.45) is 0. The molecule has 1 fully saturated rings. The second-order valence-corrected chi connectivity index (χ2v) is 9.58. The normalized spacial score (nSPS) is 13.8. The van der Waals surface area contributed by atoms with Gasteiger partial charge in [-0.3, -0.25) is 9.59 Å². The Morgan fingerprint density at radius 3 is 2.53 bits per heavy atom. The van der Waals surface area contributed by atoms with Crippen LogP contribution in [0.3, 0.4) is 0 Å². The fourth-order valence-corrected chi connectivity index (χ4v) is 5.39. The van der Waals surface area contributed by atoms with Crippen LogP contribution in [0.25, 0.3) is 21.0 Å². The Hall–Kier alpha value is -4.08. The highest BCUT2D eigenvalue weighted by atomic mass is 32.1. The van der Waals surface area contributed by atoms with E-state index in [0.29, 0.717) is 29.7 Å². The number of morpholine rings is 1. The van der Waals surface area contributed by atoms with E-state index in [1.165, 1.54) is 4.68 Å². The van der Waals surface area contributed by atoms with Gasteiger partial charge in [0.1, 0.15) is 0 Å². The molecule has 3 aromatic carbocycles. The molecule has 8 nitrogen and oxygen atoms in total. The molecule has 0 atom stereocenters. The third kappa shape index (κ3) is 4.34. The number of fused-ring (bicyclic) bond motifs is 2. The third-order valence-corrected chi connectivity index (χ3v) is 7.25. The minimum Gasteiger partial charge on any atom is -0.378 e. The van der Waals surface area contributed by atoms with Crippen molar-refractivity contribution in [3.05, 3.63) is 94.4 Å². The fourth-order valence-electron chi connectivity index (χ4n) is 4.34. The van der Waals surface area contributed by atoms with Crippen LogP contribution in [-0.4, -0.2) is 47.0 Å². The maximum Gasteiger partial charge on any atom is 0.276 e. The number of anilines is 2. The summed E-state index contributed by atoms with van der Waals surface area (Å²) in [5.41, 5.74) is 2.45. The van der Waals surface area contributed by atoms with E-state index in [-0.39, 0.29) is 23.7 Å². The highest BCUT2D eigenvalue weighted by Crippen LogP contribution is 2.31. The molecule has 0 saturated carbocycles. The van der Waals surface area contributed by atoms with E-state index >= 15 is 0 Å². The maximum atomic E-state index is 13.4. The van der Waals surface area contributed by atoms with E-state index in [4.69, 9.17) is 9.72 Å². The van der Waals surface area contributed by atoms with Gasteiger partial charge in [-0.25, -0.2) is 9.67 Å². The van der Waals surface area contributed by atoms with Crippen LogP contribution in [-0.2, 0) is 11.3 Å². The number of rotatable bonds is 5. The quantitative estimate of drug-likeness (QED) is 0.393. The summed E-state index contributed by atoms with van der Waals surface area (Å²) in [4.78, 5) is 33.5. The molecule has 36 heavy (non-hydrogen) atoms. The van der Waals surface area contributed by atoms with E-state index in [0.717, 1.165) is 34.0 Å². The van der Waals surface area contributed by atoms with Gasteiger partial charge in [0.25, 0.3) is 11.5 Å². The van der Waals surface area contributed by atoms with Crippen molar-refractivity contribution in [3.8, 4) is 0 Å². The summed E-state index contributed by atoms with van der Waals surface area (Å²) >= 11 is 1.60. The van der Waals surface area contributed by atoms with Crippen LogP contribution in [0.15, 0.2) is 77.6 Å². The van der Waals surface area contributed by atoms with Crippen molar-refractivity contribution in [2.45, 2.75) is 6.54 Å². The van der Waals surface area contributed by atoms with Crippen LogP contribution in [0.4, 0.5) is 10.8 Å². The molecular formula is C27H23N5O3S. The van der Waals surface area contributed by atoms with Crippen LogP contribution in [0, 0.1) is 0 Å². The molecule has 3 heterocycles. The van der Waals surface area contributed by atoms with Crippen LogP contribution in [0.1, 0.15) is 16.1 Å². The van der Waals surface area contributed by atoms with Crippen molar-refractivity contribution in [2.24, 2.45) is 0 Å². The lowest BCUT2D eigenvalue weighted by Gasteiger charge is -2.25. The molecule has 1 amide bonds. The minimum absolute atomic E-state index is 0.208. The van der Waals surface area contributed by atoms with Gasteiger partial charge in [0.05, 0.1) is 35.4 Å². The second-order valence-electron chi connectivity index (χ2n) is 8.58. The topological polar surface area (TPSA) is 89.3 Å². The first-order valence-electron chi connectivity index (χ1n) is 11.7. The number of nitrogens with one attached hydrogen (secondary N) is 1. The van der Waals surface area contributed by atoms with E-state index in [2.05, 4.69) is 15.3 Å². The first-order valence-corrected chi connectivity index (χ1v) is 12.6. The van der Waals surface area contributed by atoms with Crippen LogP contribution in [0.5, 0.6) is 0 Å². The fraction of sp³-hybridized carbons (Fsp3) is 0.185. The lowest BCUT2D eigenvalue weighted by molar-refractivity contribution is 0.102. The molecule has 0 spiro atoms. The Balaban J connectivity index is 1.32. The zero-order valence-electron chi connectivity index (χ0n) is 19.4. The molecule has 0 bridgehead atoms. The highest BCUT2D eigenvalue weighted by molar-refractivity contribution is 7.22. The monoisotopic (exact) mass is 497 g/mol. The largest absolute Gasteiger partial charge is 0.378 e. The predicted molar refractivity (Wildman–Crippen MR) is 142 cm³/mol. The Kier molecular flexibility index (Phi) is 5.92. The molecular weight excluding hydrogens is 474 g/mol. The first kappa shape index (κ1) is 22.4. The zero-order valence-corrected chi connectivity index (χ0v) is 20.2. The van der Waals surface area contributed by atoms with Gasteiger partial charge in [-0.15, -0.1) is 0 Å². The summed E-state index contributed by atoms with van der Waals surface area (Å²) in [6, 6.07) is 22.4. The molecule has 0 unspecified atom stereocenters. The van der Waals surface area contributed by atoms with Crippen molar-refractivity contribution in [3.63, 3.8) is 0 Å². The van der Waals surface area contributed by atoms with Crippen molar-refractivity contribution in [2.75, 3.05) is 36.5 Å². The van der Waals surface area contributed by atoms with Gasteiger partial charge >= 0.3 is 0 Å². The number of carbonyl (C=O) groups is 1. The number of thiazole rings is 1. The summed E-state index contributed by atoms with van der Waals surface area (Å²) in [6.45, 7) is 3.32. The summed E-state index contributed by atoms with van der Waals surface area (Å²) < 4.78 is 7.78. The molecule has 5 aromatic rings. The number of amides is 1. The average Bonchev–Trinajstić information content (AvgIpc) is 3.35. The second kappa shape index (κ2) is 9.52. The van der Waals surface area contributed by atoms with Gasteiger partial charge in [0.2, 0.25) is 0 Å². The number of benzene rings is 3. The molecule has 0 radical (unpaired) electrons. The molecule has 180 valence electrons. The molecule has 1 N–H and O–H groups in total. The SMILES string of the molecule is O=C(Nc1ccc2nc(N3CCOCC3)sc2c1)c1nn(Cc2ccccc2)c(=O)c2ccccc12. The molecule has 1 saturated heterocycles. The number of hydrogen-bond donors (Lipinski definition) is 1. The Labute approximate surface area is 210 Å². The highest BCUT2D eigenvalue weighted by Gasteiger charge is 2.19. The molecule has 1 aliphatic rings. The van der Waals surface area contributed by atoms with E-state index in [1.54, 1.807) is 35.6 Å². The van der Waals surface area contributed by atoms with E-state index < -0.39 is 0 Å². The lowest BCUT2D eigenvalue weighted by Crippen LogP contribution is -2.36. The summed E-state index contributed by atoms with van der Waals surface area (Å²) in [7, 11) is 0. The van der Waals surface area contributed by atoms with Gasteiger partial charge in [0, 0.05) is 24.2 Å². The molecule has 6 rings (SSSR count). The van der Waals surface area contributed by atoms with Crippen molar-refractivity contribution in [1.82, 2.24) is 14.8 Å². The molecule has 1 aliphatic heterocycles. The number of ether oxygens (including phenoxy) is 1. The smallest absolute Gasteiger partial charge is 0.276 e. The van der Waals surface area contributed by atoms with Gasteiger partial charge in [-0.2, -0.15) is 5.10 Å². The van der Waals surface area contributed by atoms with Crippen molar-refractivity contribution < 1.29 is 9.53 Å². The average molecular weight is 498 g/mol. The van der Waals surface area contributed by atoms with Crippen LogP contribution >= 0.6 is 11.3 Å². The van der Waals surface area contributed by atoms with Gasteiger partial charge in [-0.1, -0.05) is 59.9 Å². The first-order chi connectivity index (χ1) is 17.7. The molecule has 9 heteroatoms. The number of nitrogens with zero attached hydrogens (tertiary/aromatic N) is 4. The summed E-state index contributed by atoms with van der Waals surface area (Å²) in [5, 5.41) is 9.40. The number of hydrogen-bond acceptors (Lipinski definition) is 7. The van der Waals surface area contributed by atoms with Crippen molar-refractivity contribution in [1.29, 1.82) is 0 Å². The van der Waals surface area contributed by atoms with Gasteiger partial charge in [-0.05, 0) is 29.8 Å². The maximum absolute atomic E-state index is 13.4. The van der Waals surface area contributed by atoms with Crippen LogP contribution < -0.4 is 15.8 Å². The third-order valence-electron chi connectivity index (χ3n) is 6.17. The lowest BCUT2D eigenvalue weighted by atomic mass is 10.1. The van der Waals surface area contributed by atoms with E-state index in [9.17, 15) is 9.59 Å². The summed E-state index contributed by atoms with van der Waals surface area (Å²) in [5.74, 6) is -0.370. The number of carbonyl (C=O) groups excluding carboxylic acids is 1. The molecule has 0 aliphatic carbocycles.